The molecule has 0 fully saturated rings. The normalized spacial score (nSPS) is 10.6. The van der Waals surface area contributed by atoms with Gasteiger partial charge in [0.2, 0.25) is 11.8 Å². The van der Waals surface area contributed by atoms with Crippen LogP contribution < -0.4 is 5.73 Å². The Balaban J connectivity index is 1.92. The molecule has 2 N–H and O–H groups in total. The van der Waals surface area contributed by atoms with E-state index in [0.717, 1.165) is 29.0 Å². The molecule has 2 aromatic carbocycles. The van der Waals surface area contributed by atoms with Crippen molar-refractivity contribution in [3.05, 3.63) is 63.7 Å². The number of nitrogens with zero attached hydrogens (tertiary/aromatic N) is 3. The molecule has 1 amide bonds. The van der Waals surface area contributed by atoms with Crippen LogP contribution in [-0.2, 0) is 0 Å². The summed E-state index contributed by atoms with van der Waals surface area (Å²) in [5.41, 5.74) is 6.73. The Morgan fingerprint density at radius 3 is 2.68 bits per heavy atom. The molecule has 9 heteroatoms. The number of amides is 1. The van der Waals surface area contributed by atoms with Crippen molar-refractivity contribution < 1.29 is 14.1 Å². The van der Waals surface area contributed by atoms with Gasteiger partial charge in [-0.1, -0.05) is 18.2 Å². The van der Waals surface area contributed by atoms with Crippen LogP contribution in [0.3, 0.4) is 0 Å². The number of primary amides is 1. The van der Waals surface area contributed by atoms with E-state index in [1.54, 1.807) is 0 Å². The quantitative estimate of drug-likeness (QED) is 0.549. The van der Waals surface area contributed by atoms with Crippen LogP contribution in [0.4, 0.5) is 5.69 Å². The van der Waals surface area contributed by atoms with Crippen molar-refractivity contribution >= 4 is 23.4 Å². The molecule has 3 aromatic rings. The van der Waals surface area contributed by atoms with E-state index in [0.29, 0.717) is 5.89 Å². The number of aromatic nitrogens is 2. The van der Waals surface area contributed by atoms with E-state index >= 15 is 0 Å². The average molecular weight is 356 g/mol. The molecule has 0 saturated heterocycles. The maximum Gasteiger partial charge on any atom is 0.284 e. The molecule has 0 aliphatic heterocycles. The van der Waals surface area contributed by atoms with E-state index in [2.05, 4.69) is 10.2 Å². The molecule has 126 valence electrons. The Labute approximate surface area is 146 Å². The van der Waals surface area contributed by atoms with Gasteiger partial charge >= 0.3 is 0 Å². The van der Waals surface area contributed by atoms with Crippen molar-refractivity contribution in [3.63, 3.8) is 0 Å². The van der Waals surface area contributed by atoms with Gasteiger partial charge in [-0.3, -0.25) is 14.9 Å². The number of nitro benzene ring substituents is 1. The highest BCUT2D eigenvalue weighted by Crippen LogP contribution is 2.36. The van der Waals surface area contributed by atoms with Crippen LogP contribution in [0, 0.1) is 17.0 Å². The lowest BCUT2D eigenvalue weighted by Gasteiger charge is -2.02. The second kappa shape index (κ2) is 6.73. The Bertz CT molecular complexity index is 970. The van der Waals surface area contributed by atoms with Crippen LogP contribution in [0.15, 0.2) is 57.0 Å². The summed E-state index contributed by atoms with van der Waals surface area (Å²) < 4.78 is 5.59. The van der Waals surface area contributed by atoms with Gasteiger partial charge in [0.05, 0.1) is 9.82 Å². The predicted molar refractivity (Wildman–Crippen MR) is 90.2 cm³/mol. The van der Waals surface area contributed by atoms with Crippen molar-refractivity contribution in [2.45, 2.75) is 17.0 Å². The first-order valence-electron chi connectivity index (χ1n) is 7.11. The molecule has 8 nitrogen and oxygen atoms in total. The molecule has 0 aliphatic rings. The van der Waals surface area contributed by atoms with Crippen molar-refractivity contribution in [1.82, 2.24) is 10.2 Å². The molecule has 0 unspecified atom stereocenters. The third-order valence-electron chi connectivity index (χ3n) is 3.42. The zero-order chi connectivity index (χ0) is 18.0. The summed E-state index contributed by atoms with van der Waals surface area (Å²) in [6, 6.07) is 11.5. The van der Waals surface area contributed by atoms with Crippen LogP contribution in [-0.4, -0.2) is 21.0 Å². The van der Waals surface area contributed by atoms with Crippen LogP contribution in [0.2, 0.25) is 0 Å². The van der Waals surface area contributed by atoms with Crippen molar-refractivity contribution in [3.8, 4) is 11.5 Å². The molecule has 0 atom stereocenters. The van der Waals surface area contributed by atoms with Gasteiger partial charge in [-0.15, -0.1) is 10.2 Å². The SMILES string of the molecule is Cc1ccccc1-c1nnc(Sc2ccc(C(N)=O)cc2[N+](=O)[O-])o1. The van der Waals surface area contributed by atoms with Crippen molar-refractivity contribution in [1.29, 1.82) is 0 Å². The fraction of sp³-hybridized carbons (Fsp3) is 0.0625. The van der Waals surface area contributed by atoms with E-state index in [4.69, 9.17) is 10.2 Å². The van der Waals surface area contributed by atoms with Crippen LogP contribution in [0.25, 0.3) is 11.5 Å². The van der Waals surface area contributed by atoms with Gasteiger partial charge in [-0.25, -0.2) is 0 Å². The minimum absolute atomic E-state index is 0.0576. The molecule has 0 radical (unpaired) electrons. The van der Waals surface area contributed by atoms with Gasteiger partial charge in [-0.2, -0.15) is 0 Å². The standard InChI is InChI=1S/C16H12N4O4S/c1-9-4-2-3-5-11(9)15-18-19-16(24-15)25-13-7-6-10(14(17)21)8-12(13)20(22)23/h2-8H,1H3,(H2,17,21). The molecule has 0 spiro atoms. The lowest BCUT2D eigenvalue weighted by Crippen LogP contribution is -2.11. The molecule has 1 heterocycles. The van der Waals surface area contributed by atoms with Crippen LogP contribution in [0.5, 0.6) is 0 Å². The highest BCUT2D eigenvalue weighted by Gasteiger charge is 2.20. The number of carbonyl (C=O) groups is 1. The predicted octanol–water partition coefficient (Wildman–Crippen LogP) is 3.20. The minimum Gasteiger partial charge on any atom is -0.411 e. The van der Waals surface area contributed by atoms with Gasteiger partial charge in [0, 0.05) is 17.2 Å². The second-order valence-corrected chi connectivity index (χ2v) is 6.09. The molecule has 0 bridgehead atoms. The molecule has 0 aliphatic carbocycles. The Kier molecular flexibility index (Phi) is 4.48. The topological polar surface area (TPSA) is 125 Å². The van der Waals surface area contributed by atoms with Gasteiger partial charge in [0.15, 0.2) is 0 Å². The molecule has 3 rings (SSSR count). The summed E-state index contributed by atoms with van der Waals surface area (Å²) in [4.78, 5) is 22.1. The summed E-state index contributed by atoms with van der Waals surface area (Å²) in [6.45, 7) is 1.92. The van der Waals surface area contributed by atoms with Gasteiger partial charge in [0.1, 0.15) is 0 Å². The number of aryl methyl sites for hydroxylation is 1. The minimum atomic E-state index is -0.737. The molecular formula is C16H12N4O4S. The number of hydrogen-bond donors (Lipinski definition) is 1. The zero-order valence-corrected chi connectivity index (χ0v) is 13.8. The Morgan fingerprint density at radius 2 is 2.00 bits per heavy atom. The van der Waals surface area contributed by atoms with Gasteiger partial charge in [0.25, 0.3) is 10.9 Å². The largest absolute Gasteiger partial charge is 0.411 e. The smallest absolute Gasteiger partial charge is 0.284 e. The van der Waals surface area contributed by atoms with Gasteiger partial charge < -0.3 is 10.2 Å². The first kappa shape index (κ1) is 16.7. The van der Waals surface area contributed by atoms with Gasteiger partial charge in [-0.05, 0) is 42.4 Å². The lowest BCUT2D eigenvalue weighted by atomic mass is 10.1. The molecule has 25 heavy (non-hydrogen) atoms. The van der Waals surface area contributed by atoms with E-state index in [-0.39, 0.29) is 21.4 Å². The third-order valence-corrected chi connectivity index (χ3v) is 4.32. The average Bonchev–Trinajstić information content (AvgIpc) is 3.03. The lowest BCUT2D eigenvalue weighted by molar-refractivity contribution is -0.387. The zero-order valence-electron chi connectivity index (χ0n) is 13.0. The number of hydrogen-bond acceptors (Lipinski definition) is 7. The van der Waals surface area contributed by atoms with E-state index in [1.807, 2.05) is 31.2 Å². The Morgan fingerprint density at radius 1 is 1.24 bits per heavy atom. The highest BCUT2D eigenvalue weighted by atomic mass is 32.2. The van der Waals surface area contributed by atoms with Crippen molar-refractivity contribution in [2.75, 3.05) is 0 Å². The maximum atomic E-state index is 11.2. The maximum absolute atomic E-state index is 11.2. The molecule has 1 aromatic heterocycles. The van der Waals surface area contributed by atoms with Crippen LogP contribution in [0.1, 0.15) is 15.9 Å². The first-order chi connectivity index (χ1) is 12.0. The monoisotopic (exact) mass is 356 g/mol. The fourth-order valence-electron chi connectivity index (χ4n) is 2.17. The van der Waals surface area contributed by atoms with E-state index in [9.17, 15) is 14.9 Å². The summed E-state index contributed by atoms with van der Waals surface area (Å²) in [7, 11) is 0. The Hall–Kier alpha value is -3.20. The van der Waals surface area contributed by atoms with E-state index < -0.39 is 10.8 Å². The number of nitro groups is 1. The second-order valence-electron chi connectivity index (χ2n) is 5.09. The van der Waals surface area contributed by atoms with Crippen LogP contribution >= 0.6 is 11.8 Å². The summed E-state index contributed by atoms with van der Waals surface area (Å²) in [6.07, 6.45) is 0. The highest BCUT2D eigenvalue weighted by molar-refractivity contribution is 7.99. The number of nitrogens with two attached hydrogens (primary N) is 1. The first-order valence-corrected chi connectivity index (χ1v) is 7.93. The summed E-state index contributed by atoms with van der Waals surface area (Å²) in [5, 5.41) is 19.3. The number of benzene rings is 2. The molecular weight excluding hydrogens is 344 g/mol. The summed E-state index contributed by atoms with van der Waals surface area (Å²) >= 11 is 0.950. The number of rotatable bonds is 5. The molecule has 0 saturated carbocycles. The third kappa shape index (κ3) is 3.50. The van der Waals surface area contributed by atoms with Crippen molar-refractivity contribution in [2.24, 2.45) is 5.73 Å². The van der Waals surface area contributed by atoms with E-state index in [1.165, 1.54) is 12.1 Å². The fourth-order valence-corrected chi connectivity index (χ4v) is 2.93. The summed E-state index contributed by atoms with van der Waals surface area (Å²) in [5.74, 6) is -0.406. The number of carbonyl (C=O) groups excluding carboxylic acids is 1.